The lowest BCUT2D eigenvalue weighted by Gasteiger charge is -2.34. The van der Waals surface area contributed by atoms with Gasteiger partial charge in [-0.15, -0.1) is 0 Å². The smallest absolute Gasteiger partial charge is 0.124 e. The van der Waals surface area contributed by atoms with Crippen LogP contribution in [0.5, 0.6) is 0 Å². The molecule has 128 valence electrons. The Morgan fingerprint density at radius 3 is 2.88 bits per heavy atom. The Bertz CT molecular complexity index is 872. The van der Waals surface area contributed by atoms with Crippen molar-refractivity contribution in [3.63, 3.8) is 0 Å². The van der Waals surface area contributed by atoms with E-state index in [-0.39, 0.29) is 5.82 Å². The summed E-state index contributed by atoms with van der Waals surface area (Å²) < 4.78 is 14.2. The van der Waals surface area contributed by atoms with E-state index >= 15 is 0 Å². The van der Waals surface area contributed by atoms with Gasteiger partial charge in [-0.25, -0.2) is 4.39 Å². The number of likely N-dealkylation sites (N-methyl/N-ethyl adjacent to an activating group) is 1. The van der Waals surface area contributed by atoms with E-state index in [4.69, 9.17) is 0 Å². The van der Waals surface area contributed by atoms with E-state index in [1.54, 1.807) is 12.1 Å². The van der Waals surface area contributed by atoms with Crippen molar-refractivity contribution in [2.24, 2.45) is 11.0 Å². The molecule has 1 aliphatic carbocycles. The van der Waals surface area contributed by atoms with E-state index in [9.17, 15) is 4.39 Å². The van der Waals surface area contributed by atoms with E-state index in [2.05, 4.69) is 34.0 Å². The standard InChI is InChI=1S/C20H21FN4/c1-25-10-16(12-4-6-22-7-5-12)20-17(11-25)15-9-14(21)8-13-2-3-18(19(13)15)23-24-20/h2-3,8-9,11-12,22,24H,4-7,10H2,1H3. The Labute approximate surface area is 146 Å². The maximum absolute atomic E-state index is 14.2. The molecule has 3 heterocycles. The summed E-state index contributed by atoms with van der Waals surface area (Å²) in [5, 5.41) is 8.08. The highest BCUT2D eigenvalue weighted by atomic mass is 19.1. The van der Waals surface area contributed by atoms with Crippen LogP contribution in [0.15, 0.2) is 40.8 Å². The number of fused-ring (bicyclic) bond motifs is 2. The molecule has 1 aromatic carbocycles. The Balaban J connectivity index is 1.71. The Hall–Kier alpha value is -2.40. The van der Waals surface area contributed by atoms with Crippen LogP contribution in [0.25, 0.3) is 11.6 Å². The van der Waals surface area contributed by atoms with Crippen LogP contribution in [0, 0.1) is 11.7 Å². The fourth-order valence-corrected chi connectivity index (χ4v) is 4.41. The average molecular weight is 336 g/mol. The number of nitrogens with one attached hydrogen (secondary N) is 2. The van der Waals surface area contributed by atoms with E-state index in [0.717, 1.165) is 66.1 Å². The van der Waals surface area contributed by atoms with Crippen LogP contribution in [0.4, 0.5) is 4.39 Å². The number of hydrogen-bond acceptors (Lipinski definition) is 4. The van der Waals surface area contributed by atoms with Gasteiger partial charge >= 0.3 is 0 Å². The van der Waals surface area contributed by atoms with Gasteiger partial charge < -0.3 is 10.2 Å². The highest BCUT2D eigenvalue weighted by Crippen LogP contribution is 2.40. The third-order valence-corrected chi connectivity index (χ3v) is 5.58. The zero-order valence-electron chi connectivity index (χ0n) is 14.3. The molecule has 0 unspecified atom stereocenters. The maximum atomic E-state index is 14.2. The average Bonchev–Trinajstić information content (AvgIpc) is 2.95. The Kier molecular flexibility index (Phi) is 3.31. The van der Waals surface area contributed by atoms with Crippen molar-refractivity contribution in [3.05, 3.63) is 58.2 Å². The van der Waals surface area contributed by atoms with Crippen LogP contribution in [0.3, 0.4) is 0 Å². The molecule has 0 saturated carbocycles. The fraction of sp³-hybridized carbons (Fsp3) is 0.350. The predicted octanol–water partition coefficient (Wildman–Crippen LogP) is 2.70. The zero-order chi connectivity index (χ0) is 17.0. The summed E-state index contributed by atoms with van der Waals surface area (Å²) in [6.45, 7) is 3.00. The third kappa shape index (κ3) is 2.34. The molecule has 0 amide bonds. The van der Waals surface area contributed by atoms with E-state index in [1.165, 1.54) is 5.57 Å². The summed E-state index contributed by atoms with van der Waals surface area (Å²) in [7, 11) is 2.09. The molecule has 1 saturated heterocycles. The third-order valence-electron chi connectivity index (χ3n) is 5.58. The van der Waals surface area contributed by atoms with Crippen molar-refractivity contribution in [2.75, 3.05) is 26.7 Å². The second-order valence-corrected chi connectivity index (χ2v) is 7.24. The number of nitrogens with zero attached hydrogens (tertiary/aromatic N) is 2. The quantitative estimate of drug-likeness (QED) is 0.828. The fourth-order valence-electron chi connectivity index (χ4n) is 4.41. The first kappa shape index (κ1) is 14.9. The minimum Gasteiger partial charge on any atom is -0.376 e. The first-order chi connectivity index (χ1) is 12.2. The summed E-state index contributed by atoms with van der Waals surface area (Å²) in [6.07, 6.45) is 8.31. The molecule has 0 bridgehead atoms. The summed E-state index contributed by atoms with van der Waals surface area (Å²) in [6, 6.07) is 3.24. The Morgan fingerprint density at radius 2 is 2.04 bits per heavy atom. The van der Waals surface area contributed by atoms with Gasteiger partial charge in [0.15, 0.2) is 0 Å². The van der Waals surface area contributed by atoms with Crippen molar-refractivity contribution in [2.45, 2.75) is 12.8 Å². The summed E-state index contributed by atoms with van der Waals surface area (Å²) in [5.41, 5.74) is 10.6. The van der Waals surface area contributed by atoms with Crippen LogP contribution in [0.2, 0.25) is 0 Å². The highest BCUT2D eigenvalue weighted by Gasteiger charge is 2.31. The molecule has 4 nitrogen and oxygen atoms in total. The van der Waals surface area contributed by atoms with Gasteiger partial charge in [0.05, 0.1) is 11.4 Å². The maximum Gasteiger partial charge on any atom is 0.124 e. The van der Waals surface area contributed by atoms with Gasteiger partial charge in [-0.3, -0.25) is 5.43 Å². The molecular weight excluding hydrogens is 315 g/mol. The molecule has 0 radical (unpaired) electrons. The minimum atomic E-state index is -0.196. The molecule has 25 heavy (non-hydrogen) atoms. The van der Waals surface area contributed by atoms with Gasteiger partial charge in [-0.2, -0.15) is 5.10 Å². The van der Waals surface area contributed by atoms with Crippen LogP contribution in [-0.4, -0.2) is 37.3 Å². The van der Waals surface area contributed by atoms with Crippen LogP contribution >= 0.6 is 0 Å². The first-order valence-corrected chi connectivity index (χ1v) is 8.93. The SMILES string of the molecule is CN1C=C2C(=C(C3CCNCC3)C1)NN=C1C=Cc3cc(F)cc2c31. The van der Waals surface area contributed by atoms with Crippen molar-refractivity contribution in [1.82, 2.24) is 15.6 Å². The van der Waals surface area contributed by atoms with Gasteiger partial charge in [0.25, 0.3) is 0 Å². The van der Waals surface area contributed by atoms with Crippen molar-refractivity contribution < 1.29 is 4.39 Å². The predicted molar refractivity (Wildman–Crippen MR) is 98.3 cm³/mol. The lowest BCUT2D eigenvalue weighted by molar-refractivity contribution is 0.377. The second-order valence-electron chi connectivity index (χ2n) is 7.24. The molecule has 4 aliphatic rings. The number of piperidine rings is 1. The summed E-state index contributed by atoms with van der Waals surface area (Å²) in [4.78, 5) is 2.21. The largest absolute Gasteiger partial charge is 0.376 e. The lowest BCUT2D eigenvalue weighted by Crippen LogP contribution is -2.34. The number of hydrogen-bond donors (Lipinski definition) is 2. The molecule has 0 spiro atoms. The van der Waals surface area contributed by atoms with Gasteiger partial charge in [-0.1, -0.05) is 6.08 Å². The number of rotatable bonds is 1. The molecule has 2 N–H and O–H groups in total. The minimum absolute atomic E-state index is 0.196. The molecule has 0 aromatic heterocycles. The van der Waals surface area contributed by atoms with Crippen LogP contribution in [-0.2, 0) is 0 Å². The summed E-state index contributed by atoms with van der Waals surface area (Å²) >= 11 is 0. The van der Waals surface area contributed by atoms with Crippen LogP contribution in [0.1, 0.15) is 29.5 Å². The van der Waals surface area contributed by atoms with Gasteiger partial charge in [0, 0.05) is 30.9 Å². The topological polar surface area (TPSA) is 39.7 Å². The Morgan fingerprint density at radius 1 is 1.20 bits per heavy atom. The summed E-state index contributed by atoms with van der Waals surface area (Å²) in [5.74, 6) is 0.347. The van der Waals surface area contributed by atoms with Crippen molar-refractivity contribution in [3.8, 4) is 0 Å². The second kappa shape index (κ2) is 5.56. The molecule has 0 atom stereocenters. The number of benzene rings is 1. The van der Waals surface area contributed by atoms with E-state index in [0.29, 0.717) is 5.92 Å². The highest BCUT2D eigenvalue weighted by molar-refractivity contribution is 6.20. The lowest BCUT2D eigenvalue weighted by atomic mass is 9.83. The molecule has 5 heteroatoms. The molecule has 3 aliphatic heterocycles. The van der Waals surface area contributed by atoms with E-state index < -0.39 is 0 Å². The monoisotopic (exact) mass is 336 g/mol. The zero-order valence-corrected chi connectivity index (χ0v) is 14.3. The van der Waals surface area contributed by atoms with Gasteiger partial charge in [0.2, 0.25) is 0 Å². The number of allylic oxidation sites excluding steroid dienone is 2. The molecule has 1 aromatic rings. The number of hydrazone groups is 1. The molecular formula is C20H21FN4. The molecule has 1 fully saturated rings. The van der Waals surface area contributed by atoms with Gasteiger partial charge in [0.1, 0.15) is 5.82 Å². The van der Waals surface area contributed by atoms with E-state index in [1.807, 2.05) is 12.2 Å². The number of halogens is 1. The first-order valence-electron chi connectivity index (χ1n) is 8.93. The normalized spacial score (nSPS) is 22.1. The molecule has 5 rings (SSSR count). The van der Waals surface area contributed by atoms with Crippen molar-refractivity contribution in [1.29, 1.82) is 0 Å². The van der Waals surface area contributed by atoms with Crippen LogP contribution < -0.4 is 10.7 Å². The van der Waals surface area contributed by atoms with Crippen molar-refractivity contribution >= 4 is 17.4 Å². The van der Waals surface area contributed by atoms with Gasteiger partial charge in [-0.05, 0) is 66.8 Å².